The zero-order valence-corrected chi connectivity index (χ0v) is 13.8. The van der Waals surface area contributed by atoms with Crippen LogP contribution in [-0.4, -0.2) is 43.2 Å². The number of nitrogens with two attached hydrogens (primary N) is 1. The molecule has 0 aromatic heterocycles. The quantitative estimate of drug-likeness (QED) is 0.889. The molecule has 1 aromatic carbocycles. The Balaban J connectivity index is 0.00000176. The highest BCUT2D eigenvalue weighted by molar-refractivity contribution is 6.32. The largest absolute Gasteiger partial charge is 0.486 e. The van der Waals surface area contributed by atoms with Crippen LogP contribution in [-0.2, 0) is 11.2 Å². The van der Waals surface area contributed by atoms with E-state index in [1.165, 1.54) is 0 Å². The van der Waals surface area contributed by atoms with Crippen molar-refractivity contribution >= 4 is 29.9 Å². The third-order valence-corrected chi connectivity index (χ3v) is 4.10. The van der Waals surface area contributed by atoms with Gasteiger partial charge in [0, 0.05) is 19.1 Å². The van der Waals surface area contributed by atoms with E-state index in [1.807, 2.05) is 11.0 Å². The lowest BCUT2D eigenvalue weighted by atomic mass is 10.0. The number of amides is 1. The van der Waals surface area contributed by atoms with Gasteiger partial charge in [0.25, 0.3) is 0 Å². The SMILES string of the molecule is Cl.NC1CCCN(C(=O)Cc2cc(Cl)c3c(c2)OCCO3)C1. The maximum absolute atomic E-state index is 12.3. The van der Waals surface area contributed by atoms with E-state index in [2.05, 4.69) is 0 Å². The Bertz CT molecular complexity index is 554. The van der Waals surface area contributed by atoms with E-state index in [0.29, 0.717) is 42.7 Å². The van der Waals surface area contributed by atoms with Gasteiger partial charge in [-0.1, -0.05) is 11.6 Å². The number of fused-ring (bicyclic) bond motifs is 1. The van der Waals surface area contributed by atoms with Crippen molar-refractivity contribution in [2.75, 3.05) is 26.3 Å². The van der Waals surface area contributed by atoms with Crippen molar-refractivity contribution in [3.05, 3.63) is 22.7 Å². The number of hydrogen-bond acceptors (Lipinski definition) is 4. The van der Waals surface area contributed by atoms with Gasteiger partial charge < -0.3 is 20.1 Å². The molecule has 3 rings (SSSR count). The summed E-state index contributed by atoms with van der Waals surface area (Å²) in [6.07, 6.45) is 2.26. The summed E-state index contributed by atoms with van der Waals surface area (Å²) in [5, 5.41) is 0.491. The summed E-state index contributed by atoms with van der Waals surface area (Å²) in [6.45, 7) is 2.42. The molecule has 0 bridgehead atoms. The highest BCUT2D eigenvalue weighted by Crippen LogP contribution is 2.38. The number of rotatable bonds is 2. The Labute approximate surface area is 141 Å². The van der Waals surface area contributed by atoms with Crippen LogP contribution < -0.4 is 15.2 Å². The number of halogens is 2. The number of piperidine rings is 1. The summed E-state index contributed by atoms with van der Waals surface area (Å²) >= 11 is 6.19. The van der Waals surface area contributed by atoms with Crippen LogP contribution in [0, 0.1) is 0 Å². The fourth-order valence-electron chi connectivity index (χ4n) is 2.79. The highest BCUT2D eigenvalue weighted by Gasteiger charge is 2.23. The minimum absolute atomic E-state index is 0. The van der Waals surface area contributed by atoms with Gasteiger partial charge in [0.2, 0.25) is 5.91 Å². The second-order valence-corrected chi connectivity index (χ2v) is 5.93. The van der Waals surface area contributed by atoms with Crippen LogP contribution in [0.3, 0.4) is 0 Å². The molecule has 122 valence electrons. The van der Waals surface area contributed by atoms with E-state index in [4.69, 9.17) is 26.8 Å². The molecule has 2 aliphatic rings. The van der Waals surface area contributed by atoms with Crippen molar-refractivity contribution in [3.8, 4) is 11.5 Å². The summed E-state index contributed by atoms with van der Waals surface area (Å²) in [7, 11) is 0. The van der Waals surface area contributed by atoms with Crippen LogP contribution in [0.2, 0.25) is 5.02 Å². The fourth-order valence-corrected chi connectivity index (χ4v) is 3.08. The van der Waals surface area contributed by atoms with Gasteiger partial charge in [-0.2, -0.15) is 0 Å². The van der Waals surface area contributed by atoms with Crippen LogP contribution >= 0.6 is 24.0 Å². The molecule has 0 saturated carbocycles. The number of likely N-dealkylation sites (tertiary alicyclic amines) is 1. The molecule has 1 fully saturated rings. The Morgan fingerprint density at radius 1 is 1.36 bits per heavy atom. The van der Waals surface area contributed by atoms with Crippen LogP contribution in [0.1, 0.15) is 18.4 Å². The van der Waals surface area contributed by atoms with Crippen LogP contribution in [0.4, 0.5) is 0 Å². The Morgan fingerprint density at radius 3 is 2.91 bits per heavy atom. The minimum atomic E-state index is 0. The molecule has 5 nitrogen and oxygen atoms in total. The predicted molar refractivity (Wildman–Crippen MR) is 87.2 cm³/mol. The van der Waals surface area contributed by atoms with Crippen molar-refractivity contribution < 1.29 is 14.3 Å². The fraction of sp³-hybridized carbons (Fsp3) is 0.533. The van der Waals surface area contributed by atoms with Crippen LogP contribution in [0.5, 0.6) is 11.5 Å². The summed E-state index contributed by atoms with van der Waals surface area (Å²) in [4.78, 5) is 14.2. The van der Waals surface area contributed by atoms with E-state index < -0.39 is 0 Å². The average molecular weight is 347 g/mol. The van der Waals surface area contributed by atoms with Gasteiger partial charge in [-0.3, -0.25) is 4.79 Å². The molecular formula is C15H20Cl2N2O3. The third kappa shape index (κ3) is 3.77. The summed E-state index contributed by atoms with van der Waals surface area (Å²) < 4.78 is 11.0. The number of ether oxygens (including phenoxy) is 2. The molecular weight excluding hydrogens is 327 g/mol. The molecule has 22 heavy (non-hydrogen) atoms. The maximum Gasteiger partial charge on any atom is 0.227 e. The molecule has 0 radical (unpaired) electrons. The molecule has 2 aliphatic heterocycles. The van der Waals surface area contributed by atoms with Gasteiger partial charge in [0.1, 0.15) is 13.2 Å². The number of hydrogen-bond donors (Lipinski definition) is 1. The van der Waals surface area contributed by atoms with Crippen molar-refractivity contribution in [2.24, 2.45) is 5.73 Å². The standard InChI is InChI=1S/C15H19ClN2O3.ClH/c16-12-6-10(7-13-15(12)21-5-4-20-13)8-14(19)18-3-1-2-11(17)9-18;/h6-7,11H,1-5,8-9,17H2;1H. The number of nitrogens with zero attached hydrogens (tertiary/aromatic N) is 1. The smallest absolute Gasteiger partial charge is 0.227 e. The van der Waals surface area contributed by atoms with E-state index in [1.54, 1.807) is 6.07 Å². The molecule has 2 N–H and O–H groups in total. The first kappa shape index (κ1) is 17.2. The second-order valence-electron chi connectivity index (χ2n) is 5.52. The summed E-state index contributed by atoms with van der Waals surface area (Å²) in [6, 6.07) is 3.70. The van der Waals surface area contributed by atoms with E-state index in [-0.39, 0.29) is 24.4 Å². The Hall–Kier alpha value is -1.17. The van der Waals surface area contributed by atoms with Crippen molar-refractivity contribution in [2.45, 2.75) is 25.3 Å². The third-order valence-electron chi connectivity index (χ3n) is 3.82. The molecule has 1 unspecified atom stereocenters. The lowest BCUT2D eigenvalue weighted by Crippen LogP contribution is -2.46. The molecule has 1 atom stereocenters. The molecule has 0 aliphatic carbocycles. The number of benzene rings is 1. The van der Waals surface area contributed by atoms with Gasteiger partial charge in [0.05, 0.1) is 11.4 Å². The first-order chi connectivity index (χ1) is 10.1. The van der Waals surface area contributed by atoms with Crippen LogP contribution in [0.15, 0.2) is 12.1 Å². The maximum atomic E-state index is 12.3. The van der Waals surface area contributed by atoms with Gasteiger partial charge in [0.15, 0.2) is 11.5 Å². The first-order valence-corrected chi connectivity index (χ1v) is 7.62. The van der Waals surface area contributed by atoms with Gasteiger partial charge >= 0.3 is 0 Å². The molecule has 1 saturated heterocycles. The van der Waals surface area contributed by atoms with E-state index >= 15 is 0 Å². The number of carbonyl (C=O) groups is 1. The first-order valence-electron chi connectivity index (χ1n) is 7.25. The topological polar surface area (TPSA) is 64.8 Å². The summed E-state index contributed by atoms with van der Waals surface area (Å²) in [5.41, 5.74) is 6.76. The van der Waals surface area contributed by atoms with Gasteiger partial charge in [-0.15, -0.1) is 12.4 Å². The molecule has 2 heterocycles. The predicted octanol–water partition coefficient (Wildman–Crippen LogP) is 2.03. The zero-order valence-electron chi connectivity index (χ0n) is 12.2. The molecule has 7 heteroatoms. The lowest BCUT2D eigenvalue weighted by molar-refractivity contribution is -0.131. The lowest BCUT2D eigenvalue weighted by Gasteiger charge is -2.31. The van der Waals surface area contributed by atoms with Crippen molar-refractivity contribution in [3.63, 3.8) is 0 Å². The van der Waals surface area contributed by atoms with Crippen molar-refractivity contribution in [1.29, 1.82) is 0 Å². The Morgan fingerprint density at radius 2 is 2.14 bits per heavy atom. The normalized spacial score (nSPS) is 20.3. The monoisotopic (exact) mass is 346 g/mol. The average Bonchev–Trinajstić information content (AvgIpc) is 2.47. The van der Waals surface area contributed by atoms with Gasteiger partial charge in [-0.25, -0.2) is 0 Å². The van der Waals surface area contributed by atoms with Crippen molar-refractivity contribution in [1.82, 2.24) is 4.90 Å². The molecule has 0 spiro atoms. The molecule has 1 amide bonds. The zero-order chi connectivity index (χ0) is 14.8. The Kier molecular flexibility index (Phi) is 5.78. The van der Waals surface area contributed by atoms with Crippen LogP contribution in [0.25, 0.3) is 0 Å². The van der Waals surface area contributed by atoms with E-state index in [9.17, 15) is 4.79 Å². The highest BCUT2D eigenvalue weighted by atomic mass is 35.5. The minimum Gasteiger partial charge on any atom is -0.486 e. The van der Waals surface area contributed by atoms with Gasteiger partial charge in [-0.05, 0) is 30.5 Å². The summed E-state index contributed by atoms with van der Waals surface area (Å²) in [5.74, 6) is 1.27. The molecule has 1 aromatic rings. The van der Waals surface area contributed by atoms with E-state index in [0.717, 1.165) is 24.9 Å². The second kappa shape index (κ2) is 7.40. The number of carbonyl (C=O) groups excluding carboxylic acids is 1.